The van der Waals surface area contributed by atoms with Crippen LogP contribution in [0, 0.1) is 4.91 Å². The maximum Gasteiger partial charge on any atom is 0.192 e. The lowest BCUT2D eigenvalue weighted by atomic mass is 10.1. The van der Waals surface area contributed by atoms with Gasteiger partial charge < -0.3 is 10.1 Å². The number of carbonyl (C=O) groups is 1. The van der Waals surface area contributed by atoms with E-state index in [2.05, 4.69) is 10.2 Å². The van der Waals surface area contributed by atoms with Crippen LogP contribution in [0.15, 0.2) is 41.3 Å². The molecule has 0 saturated heterocycles. The van der Waals surface area contributed by atoms with Crippen molar-refractivity contribution < 1.29 is 9.90 Å². The van der Waals surface area contributed by atoms with Crippen LogP contribution in [0.25, 0.3) is 16.7 Å². The molecule has 0 atom stereocenters. The molecule has 0 amide bonds. The van der Waals surface area contributed by atoms with E-state index in [0.717, 1.165) is 10.9 Å². The number of nitrogens with zero attached hydrogens (tertiary/aromatic N) is 1. The van der Waals surface area contributed by atoms with E-state index in [9.17, 15) is 14.8 Å². The van der Waals surface area contributed by atoms with Crippen molar-refractivity contribution in [2.24, 2.45) is 5.18 Å². The summed E-state index contributed by atoms with van der Waals surface area (Å²) in [5.74, 6) is -0.965. The van der Waals surface area contributed by atoms with E-state index < -0.39 is 17.2 Å². The van der Waals surface area contributed by atoms with Gasteiger partial charge in [-0.1, -0.05) is 18.2 Å². The van der Waals surface area contributed by atoms with Gasteiger partial charge in [0.05, 0.1) is 0 Å². The van der Waals surface area contributed by atoms with Crippen LogP contribution in [-0.4, -0.2) is 15.9 Å². The first-order chi connectivity index (χ1) is 8.15. The molecule has 2 N–H and O–H groups in total. The second kappa shape index (κ2) is 4.21. The standard InChI is InChI=1S/C12H10N2O3/c1-7(15)11(14-17)12(16)9-6-13-10-5-3-2-4-8(9)10/h2-6,13,16H,1H3/b12-11+. The van der Waals surface area contributed by atoms with Crippen molar-refractivity contribution in [2.75, 3.05) is 0 Å². The van der Waals surface area contributed by atoms with Crippen LogP contribution in [0.5, 0.6) is 0 Å². The van der Waals surface area contributed by atoms with Crippen LogP contribution in [0.1, 0.15) is 12.5 Å². The van der Waals surface area contributed by atoms with Gasteiger partial charge in [-0.05, 0) is 11.2 Å². The van der Waals surface area contributed by atoms with Crippen LogP contribution < -0.4 is 0 Å². The summed E-state index contributed by atoms with van der Waals surface area (Å²) in [6.45, 7) is 1.18. The zero-order valence-electron chi connectivity index (χ0n) is 9.10. The highest BCUT2D eigenvalue weighted by Gasteiger charge is 2.16. The van der Waals surface area contributed by atoms with E-state index in [1.165, 1.54) is 13.1 Å². The van der Waals surface area contributed by atoms with E-state index >= 15 is 0 Å². The highest BCUT2D eigenvalue weighted by Crippen LogP contribution is 2.25. The molecule has 2 aromatic rings. The number of benzene rings is 1. The second-order valence-electron chi connectivity index (χ2n) is 3.59. The van der Waals surface area contributed by atoms with Crippen LogP contribution >= 0.6 is 0 Å². The Labute approximate surface area is 96.7 Å². The number of nitrogens with one attached hydrogen (secondary N) is 1. The van der Waals surface area contributed by atoms with Crippen molar-refractivity contribution in [1.29, 1.82) is 0 Å². The molecule has 0 aliphatic rings. The van der Waals surface area contributed by atoms with Gasteiger partial charge in [0, 0.05) is 29.6 Å². The predicted molar refractivity (Wildman–Crippen MR) is 64.3 cm³/mol. The topological polar surface area (TPSA) is 82.5 Å². The molecular weight excluding hydrogens is 220 g/mol. The number of H-pyrrole nitrogens is 1. The Hall–Kier alpha value is -2.43. The van der Waals surface area contributed by atoms with Crippen LogP contribution in [-0.2, 0) is 4.79 Å². The number of hydrogen-bond acceptors (Lipinski definition) is 4. The quantitative estimate of drug-likeness (QED) is 0.483. The van der Waals surface area contributed by atoms with Crippen molar-refractivity contribution in [1.82, 2.24) is 4.98 Å². The van der Waals surface area contributed by atoms with Gasteiger partial charge in [-0.25, -0.2) is 0 Å². The molecule has 0 radical (unpaired) electrons. The number of hydrogen-bond donors (Lipinski definition) is 2. The number of nitroso groups, excluding NO2 is 1. The molecule has 0 spiro atoms. The lowest BCUT2D eigenvalue weighted by molar-refractivity contribution is -0.113. The van der Waals surface area contributed by atoms with Gasteiger partial charge in [0.25, 0.3) is 0 Å². The summed E-state index contributed by atoms with van der Waals surface area (Å²) in [6, 6.07) is 7.25. The summed E-state index contributed by atoms with van der Waals surface area (Å²) < 4.78 is 0. The third-order valence-corrected chi connectivity index (χ3v) is 2.49. The average Bonchev–Trinajstić information content (AvgIpc) is 2.72. The molecule has 0 aliphatic carbocycles. The second-order valence-corrected chi connectivity index (χ2v) is 3.59. The molecular formula is C12H10N2O3. The van der Waals surface area contributed by atoms with Crippen LogP contribution in [0.4, 0.5) is 0 Å². The highest BCUT2D eigenvalue weighted by atomic mass is 16.3. The number of ketones is 1. The number of carbonyl (C=O) groups excluding carboxylic acids is 1. The Morgan fingerprint density at radius 2 is 2.06 bits per heavy atom. The van der Waals surface area contributed by atoms with E-state index in [1.54, 1.807) is 12.1 Å². The lowest BCUT2D eigenvalue weighted by Crippen LogP contribution is -1.97. The van der Waals surface area contributed by atoms with Gasteiger partial charge >= 0.3 is 0 Å². The maximum absolute atomic E-state index is 11.1. The number of fused-ring (bicyclic) bond motifs is 1. The first-order valence-corrected chi connectivity index (χ1v) is 4.99. The minimum absolute atomic E-state index is 0.394. The van der Waals surface area contributed by atoms with Gasteiger partial charge in [-0.15, -0.1) is 4.91 Å². The van der Waals surface area contributed by atoms with Crippen molar-refractivity contribution in [3.05, 3.63) is 46.6 Å². The van der Waals surface area contributed by atoms with E-state index in [4.69, 9.17) is 0 Å². The number of allylic oxidation sites excluding steroid dienone is 1. The fourth-order valence-corrected chi connectivity index (χ4v) is 1.67. The summed E-state index contributed by atoms with van der Waals surface area (Å²) in [7, 11) is 0. The largest absolute Gasteiger partial charge is 0.505 e. The van der Waals surface area contributed by atoms with Gasteiger partial charge in [0.1, 0.15) is 0 Å². The molecule has 0 aliphatic heterocycles. The van der Waals surface area contributed by atoms with E-state index in [1.807, 2.05) is 12.1 Å². The third kappa shape index (κ3) is 1.82. The molecule has 17 heavy (non-hydrogen) atoms. The summed E-state index contributed by atoms with van der Waals surface area (Å²) in [5, 5.41) is 13.2. The van der Waals surface area contributed by atoms with Crippen molar-refractivity contribution in [2.45, 2.75) is 6.92 Å². The number of aromatic amines is 1. The zero-order valence-corrected chi connectivity index (χ0v) is 9.10. The summed E-state index contributed by atoms with van der Waals surface area (Å²) in [6.07, 6.45) is 1.54. The zero-order chi connectivity index (χ0) is 12.4. The maximum atomic E-state index is 11.1. The molecule has 1 aromatic carbocycles. The highest BCUT2D eigenvalue weighted by molar-refractivity contribution is 6.02. The molecule has 5 nitrogen and oxygen atoms in total. The fourth-order valence-electron chi connectivity index (χ4n) is 1.67. The molecule has 0 fully saturated rings. The average molecular weight is 230 g/mol. The Morgan fingerprint density at radius 3 is 2.71 bits per heavy atom. The number of rotatable bonds is 3. The first-order valence-electron chi connectivity index (χ1n) is 4.99. The molecule has 1 aromatic heterocycles. The first kappa shape index (κ1) is 11.1. The van der Waals surface area contributed by atoms with Crippen molar-refractivity contribution >= 4 is 22.4 Å². The Morgan fingerprint density at radius 1 is 1.35 bits per heavy atom. The Bertz CT molecular complexity index is 625. The number of aliphatic hydroxyl groups excluding tert-OH is 1. The Balaban J connectivity index is 2.68. The van der Waals surface area contributed by atoms with Gasteiger partial charge in [0.15, 0.2) is 17.2 Å². The number of para-hydroxylation sites is 1. The van der Waals surface area contributed by atoms with Crippen molar-refractivity contribution in [3.63, 3.8) is 0 Å². The summed E-state index contributed by atoms with van der Waals surface area (Å²) in [5.41, 5.74) is 0.739. The number of Topliss-reactive ketones (excluding diaryl/α,β-unsaturated/α-hetero) is 1. The molecule has 0 saturated carbocycles. The molecule has 5 heteroatoms. The predicted octanol–water partition coefficient (Wildman–Crippen LogP) is 2.75. The van der Waals surface area contributed by atoms with Gasteiger partial charge in [0.2, 0.25) is 0 Å². The number of aromatic nitrogens is 1. The molecule has 0 unspecified atom stereocenters. The van der Waals surface area contributed by atoms with Crippen LogP contribution in [0.3, 0.4) is 0 Å². The van der Waals surface area contributed by atoms with E-state index in [0.29, 0.717) is 5.56 Å². The lowest BCUT2D eigenvalue weighted by Gasteiger charge is -1.99. The smallest absolute Gasteiger partial charge is 0.192 e. The summed E-state index contributed by atoms with van der Waals surface area (Å²) >= 11 is 0. The third-order valence-electron chi connectivity index (χ3n) is 2.49. The molecule has 86 valence electrons. The SMILES string of the molecule is CC(=O)/C(N=O)=C(\O)c1c[nH]c2ccccc12. The normalized spacial score (nSPS) is 12.3. The van der Waals surface area contributed by atoms with Crippen LogP contribution in [0.2, 0.25) is 0 Å². The van der Waals surface area contributed by atoms with Gasteiger partial charge in [-0.2, -0.15) is 0 Å². The Kier molecular flexibility index (Phi) is 2.74. The van der Waals surface area contributed by atoms with Crippen molar-refractivity contribution in [3.8, 4) is 0 Å². The molecule has 1 heterocycles. The monoisotopic (exact) mass is 230 g/mol. The van der Waals surface area contributed by atoms with E-state index in [-0.39, 0.29) is 0 Å². The number of aliphatic hydroxyl groups is 1. The minimum Gasteiger partial charge on any atom is -0.505 e. The molecule has 2 rings (SSSR count). The summed E-state index contributed by atoms with van der Waals surface area (Å²) in [4.78, 5) is 24.6. The fraction of sp³-hybridized carbons (Fsp3) is 0.0833. The van der Waals surface area contributed by atoms with Gasteiger partial charge in [-0.3, -0.25) is 4.79 Å². The minimum atomic E-state index is -0.567. The molecule has 0 bridgehead atoms.